The van der Waals surface area contributed by atoms with E-state index in [4.69, 9.17) is 14.0 Å². The zero-order chi connectivity index (χ0) is 23.3. The molecule has 0 radical (unpaired) electrons. The molecule has 1 amide bonds. The van der Waals surface area contributed by atoms with E-state index in [2.05, 4.69) is 21.1 Å². The Morgan fingerprint density at radius 1 is 0.941 bits per heavy atom. The van der Waals surface area contributed by atoms with E-state index in [1.165, 1.54) is 0 Å². The van der Waals surface area contributed by atoms with Gasteiger partial charge in [0, 0.05) is 31.7 Å². The lowest BCUT2D eigenvalue weighted by atomic mass is 10.1. The van der Waals surface area contributed by atoms with Crippen LogP contribution in [0.15, 0.2) is 71.3 Å². The molecule has 0 aliphatic carbocycles. The summed E-state index contributed by atoms with van der Waals surface area (Å²) >= 11 is 0. The molecule has 1 fully saturated rings. The average Bonchev–Trinajstić information content (AvgIpc) is 3.36. The molecule has 1 aromatic heterocycles. The Bertz CT molecular complexity index is 1260. The minimum atomic E-state index is -0.00705. The molecule has 4 aromatic rings. The number of hydrogen-bond acceptors (Lipinski definition) is 7. The maximum Gasteiger partial charge on any atom is 0.260 e. The number of aromatic nitrogens is 2. The maximum atomic E-state index is 12.6. The molecule has 0 spiro atoms. The molecule has 1 aliphatic heterocycles. The fourth-order valence-corrected chi connectivity index (χ4v) is 4.02. The second-order valence-corrected chi connectivity index (χ2v) is 8.19. The number of fused-ring (bicyclic) bond motifs is 1. The summed E-state index contributed by atoms with van der Waals surface area (Å²) in [5, 5.41) is 6.33. The van der Waals surface area contributed by atoms with Gasteiger partial charge in [-0.1, -0.05) is 35.5 Å². The van der Waals surface area contributed by atoms with Crippen LogP contribution in [0.3, 0.4) is 0 Å². The summed E-state index contributed by atoms with van der Waals surface area (Å²) in [5.74, 6) is 2.59. The lowest BCUT2D eigenvalue weighted by molar-refractivity contribution is -0.135. The molecule has 5 rings (SSSR count). The van der Waals surface area contributed by atoms with Crippen molar-refractivity contribution >= 4 is 16.7 Å². The standard InChI is InChI=1S/C26H26N4O4/c1-32-22-9-7-20(8-10-22)26-27-24(34-28-26)17-29-12-14-30(15-13-29)25(31)18-33-23-11-6-19-4-2-3-5-21(19)16-23/h2-11,16H,12-15,17-18H2,1H3. The topological polar surface area (TPSA) is 80.9 Å². The van der Waals surface area contributed by atoms with Crippen molar-refractivity contribution in [3.63, 3.8) is 0 Å². The van der Waals surface area contributed by atoms with Crippen molar-refractivity contribution in [2.45, 2.75) is 6.54 Å². The van der Waals surface area contributed by atoms with Gasteiger partial charge in [-0.3, -0.25) is 9.69 Å². The average molecular weight is 459 g/mol. The Balaban J connectivity index is 1.10. The van der Waals surface area contributed by atoms with Crippen molar-refractivity contribution in [3.05, 3.63) is 72.6 Å². The highest BCUT2D eigenvalue weighted by Crippen LogP contribution is 2.22. The molecule has 34 heavy (non-hydrogen) atoms. The summed E-state index contributed by atoms with van der Waals surface area (Å²) in [4.78, 5) is 21.2. The minimum absolute atomic E-state index is 0.00705. The van der Waals surface area contributed by atoms with Gasteiger partial charge >= 0.3 is 0 Å². The predicted octanol–water partition coefficient (Wildman–Crippen LogP) is 3.62. The van der Waals surface area contributed by atoms with Crippen molar-refractivity contribution in [1.29, 1.82) is 0 Å². The van der Waals surface area contributed by atoms with E-state index in [0.29, 0.717) is 37.1 Å². The van der Waals surface area contributed by atoms with E-state index in [9.17, 15) is 4.79 Å². The van der Waals surface area contributed by atoms with Crippen LogP contribution in [0.1, 0.15) is 5.89 Å². The Hall–Kier alpha value is -3.91. The molecule has 3 aromatic carbocycles. The van der Waals surface area contributed by atoms with Gasteiger partial charge in [-0.2, -0.15) is 4.98 Å². The molecule has 0 saturated carbocycles. The summed E-state index contributed by atoms with van der Waals surface area (Å²) in [5.41, 5.74) is 0.873. The van der Waals surface area contributed by atoms with Crippen LogP contribution < -0.4 is 9.47 Å². The number of hydrogen-bond donors (Lipinski definition) is 0. The van der Waals surface area contributed by atoms with Crippen LogP contribution >= 0.6 is 0 Å². The number of piperazine rings is 1. The van der Waals surface area contributed by atoms with Gasteiger partial charge in [0.05, 0.1) is 13.7 Å². The van der Waals surface area contributed by atoms with Crippen molar-refractivity contribution in [2.24, 2.45) is 0 Å². The number of amides is 1. The molecule has 0 unspecified atom stereocenters. The van der Waals surface area contributed by atoms with E-state index < -0.39 is 0 Å². The Morgan fingerprint density at radius 3 is 2.44 bits per heavy atom. The fourth-order valence-electron chi connectivity index (χ4n) is 4.02. The van der Waals surface area contributed by atoms with Crippen molar-refractivity contribution in [3.8, 4) is 22.9 Å². The quantitative estimate of drug-likeness (QED) is 0.418. The zero-order valence-electron chi connectivity index (χ0n) is 19.0. The van der Waals surface area contributed by atoms with Crippen LogP contribution in [0.5, 0.6) is 11.5 Å². The zero-order valence-corrected chi connectivity index (χ0v) is 19.0. The number of benzene rings is 3. The molecule has 8 nitrogen and oxygen atoms in total. The van der Waals surface area contributed by atoms with Crippen LogP contribution in [0.4, 0.5) is 0 Å². The van der Waals surface area contributed by atoms with Gasteiger partial charge in [0.1, 0.15) is 11.5 Å². The number of ether oxygens (including phenoxy) is 2. The third-order valence-corrected chi connectivity index (χ3v) is 5.98. The number of nitrogens with zero attached hydrogens (tertiary/aromatic N) is 4. The molecule has 0 atom stereocenters. The van der Waals surface area contributed by atoms with Gasteiger partial charge in [0.2, 0.25) is 11.7 Å². The largest absolute Gasteiger partial charge is 0.497 e. The van der Waals surface area contributed by atoms with E-state index >= 15 is 0 Å². The first-order valence-electron chi connectivity index (χ1n) is 11.3. The fraction of sp³-hybridized carbons (Fsp3) is 0.269. The number of methoxy groups -OCH3 is 1. The Kier molecular flexibility index (Phi) is 6.40. The highest BCUT2D eigenvalue weighted by molar-refractivity contribution is 5.84. The van der Waals surface area contributed by atoms with Gasteiger partial charge in [-0.05, 0) is 47.2 Å². The van der Waals surface area contributed by atoms with Crippen LogP contribution in [-0.4, -0.2) is 65.7 Å². The number of carbonyl (C=O) groups is 1. The highest BCUT2D eigenvalue weighted by Gasteiger charge is 2.23. The highest BCUT2D eigenvalue weighted by atomic mass is 16.5. The second-order valence-electron chi connectivity index (χ2n) is 8.19. The molecule has 2 heterocycles. The van der Waals surface area contributed by atoms with Crippen LogP contribution in [0.25, 0.3) is 22.2 Å². The number of carbonyl (C=O) groups excluding carboxylic acids is 1. The van der Waals surface area contributed by atoms with Gasteiger partial charge in [0.25, 0.3) is 5.91 Å². The van der Waals surface area contributed by atoms with E-state index in [-0.39, 0.29) is 12.5 Å². The monoisotopic (exact) mass is 458 g/mol. The third kappa shape index (κ3) is 5.02. The van der Waals surface area contributed by atoms with Crippen LogP contribution in [0, 0.1) is 0 Å². The summed E-state index contributed by atoms with van der Waals surface area (Å²) in [6.07, 6.45) is 0. The normalized spacial score (nSPS) is 14.3. The molecular formula is C26H26N4O4. The molecule has 0 bridgehead atoms. The lowest BCUT2D eigenvalue weighted by Crippen LogP contribution is -2.49. The van der Waals surface area contributed by atoms with E-state index in [1.54, 1.807) is 7.11 Å². The van der Waals surface area contributed by atoms with Crippen LogP contribution in [-0.2, 0) is 11.3 Å². The molecule has 174 valence electrons. The summed E-state index contributed by atoms with van der Waals surface area (Å²) in [6.45, 7) is 3.34. The van der Waals surface area contributed by atoms with Crippen molar-refractivity contribution in [2.75, 3.05) is 39.9 Å². The van der Waals surface area contributed by atoms with Gasteiger partial charge in [-0.25, -0.2) is 0 Å². The number of rotatable bonds is 7. The minimum Gasteiger partial charge on any atom is -0.497 e. The first-order valence-corrected chi connectivity index (χ1v) is 11.3. The van der Waals surface area contributed by atoms with Gasteiger partial charge < -0.3 is 18.9 Å². The Labute approximate surface area is 197 Å². The molecule has 8 heteroatoms. The van der Waals surface area contributed by atoms with E-state index in [0.717, 1.165) is 35.2 Å². The predicted molar refractivity (Wildman–Crippen MR) is 128 cm³/mol. The van der Waals surface area contributed by atoms with Crippen molar-refractivity contribution < 1.29 is 18.8 Å². The maximum absolute atomic E-state index is 12.6. The van der Waals surface area contributed by atoms with Crippen molar-refractivity contribution in [1.82, 2.24) is 19.9 Å². The molecule has 1 aliphatic rings. The van der Waals surface area contributed by atoms with Crippen LogP contribution in [0.2, 0.25) is 0 Å². The smallest absolute Gasteiger partial charge is 0.260 e. The SMILES string of the molecule is COc1ccc(-c2noc(CN3CCN(C(=O)COc4ccc5ccccc5c4)CC3)n2)cc1. The lowest BCUT2D eigenvalue weighted by Gasteiger charge is -2.33. The molecular weight excluding hydrogens is 432 g/mol. The first-order chi connectivity index (χ1) is 16.7. The third-order valence-electron chi connectivity index (χ3n) is 5.98. The second kappa shape index (κ2) is 9.93. The Morgan fingerprint density at radius 2 is 1.68 bits per heavy atom. The summed E-state index contributed by atoms with van der Waals surface area (Å²) in [7, 11) is 1.63. The van der Waals surface area contributed by atoms with Gasteiger partial charge in [-0.15, -0.1) is 0 Å². The van der Waals surface area contributed by atoms with Gasteiger partial charge in [0.15, 0.2) is 6.61 Å². The summed E-state index contributed by atoms with van der Waals surface area (Å²) in [6, 6.07) is 21.5. The van der Waals surface area contributed by atoms with E-state index in [1.807, 2.05) is 65.6 Å². The molecule has 0 N–H and O–H groups in total. The molecule has 1 saturated heterocycles. The first kappa shape index (κ1) is 21.9. The summed E-state index contributed by atoms with van der Waals surface area (Å²) < 4.78 is 16.4.